The zero-order chi connectivity index (χ0) is 17.1. The highest BCUT2D eigenvalue weighted by Gasteiger charge is 2.05. The Labute approximate surface area is 138 Å². The Kier molecular flexibility index (Phi) is 4.07. The normalized spacial score (nSPS) is 11.0. The van der Waals surface area contributed by atoms with Crippen molar-refractivity contribution in [2.75, 3.05) is 5.73 Å². The number of aromatic nitrogens is 3. The lowest BCUT2D eigenvalue weighted by Crippen LogP contribution is -1.97. The molecule has 120 valence electrons. The van der Waals surface area contributed by atoms with Crippen molar-refractivity contribution in [3.8, 4) is 11.1 Å². The van der Waals surface area contributed by atoms with E-state index < -0.39 is 5.97 Å². The van der Waals surface area contributed by atoms with Crippen molar-refractivity contribution < 1.29 is 9.90 Å². The van der Waals surface area contributed by atoms with Crippen LogP contribution in [0.2, 0.25) is 0 Å². The van der Waals surface area contributed by atoms with Gasteiger partial charge in [0.25, 0.3) is 0 Å². The number of nitrogens with zero attached hydrogens (tertiary/aromatic N) is 4. The van der Waals surface area contributed by atoms with Crippen LogP contribution >= 0.6 is 0 Å². The summed E-state index contributed by atoms with van der Waals surface area (Å²) in [5.74, 6) is -0.668. The highest BCUT2D eigenvalue weighted by molar-refractivity contribution is 5.89. The van der Waals surface area contributed by atoms with Crippen LogP contribution in [0.4, 0.5) is 5.95 Å². The van der Waals surface area contributed by atoms with Gasteiger partial charge in [0.1, 0.15) is 0 Å². The van der Waals surface area contributed by atoms with Crippen molar-refractivity contribution in [2.45, 2.75) is 6.92 Å². The van der Waals surface area contributed by atoms with Gasteiger partial charge in [0.15, 0.2) is 0 Å². The first kappa shape index (κ1) is 15.4. The van der Waals surface area contributed by atoms with Crippen LogP contribution in [0.3, 0.4) is 0 Å². The summed E-state index contributed by atoms with van der Waals surface area (Å²) in [5.41, 5.74) is 9.18. The molecule has 0 unspecified atom stereocenters. The van der Waals surface area contributed by atoms with Crippen LogP contribution in [-0.4, -0.2) is 31.9 Å². The smallest absolute Gasteiger partial charge is 0.337 e. The standard InChI is InChI=1S/C17H15N5O2/c1-11-10-22(17(18)21-11)20-7-12-2-4-13(5-3-12)14-6-15(16(23)24)9-19-8-14/h2-10H,1H3,(H2,18,21)(H,23,24). The maximum absolute atomic E-state index is 11.0. The molecule has 7 heteroatoms. The van der Waals surface area contributed by atoms with Gasteiger partial charge >= 0.3 is 5.97 Å². The number of rotatable bonds is 4. The molecule has 0 radical (unpaired) electrons. The molecule has 0 aliphatic rings. The SMILES string of the molecule is Cc1cn(N=Cc2ccc(-c3cncc(C(=O)O)c3)cc2)c(N)n1. The summed E-state index contributed by atoms with van der Waals surface area (Å²) in [6.07, 6.45) is 6.37. The van der Waals surface area contributed by atoms with Gasteiger partial charge in [-0.25, -0.2) is 14.5 Å². The molecule has 0 atom stereocenters. The predicted octanol–water partition coefficient (Wildman–Crippen LogP) is 2.42. The molecule has 24 heavy (non-hydrogen) atoms. The molecule has 0 spiro atoms. The molecular weight excluding hydrogens is 306 g/mol. The largest absolute Gasteiger partial charge is 0.478 e. The van der Waals surface area contributed by atoms with Crippen LogP contribution in [0.5, 0.6) is 0 Å². The van der Waals surface area contributed by atoms with Gasteiger partial charge < -0.3 is 10.8 Å². The monoisotopic (exact) mass is 321 g/mol. The maximum atomic E-state index is 11.0. The van der Waals surface area contributed by atoms with Crippen molar-refractivity contribution >= 4 is 18.1 Å². The minimum Gasteiger partial charge on any atom is -0.478 e. The molecule has 0 saturated heterocycles. The Hall–Kier alpha value is -3.48. The first-order valence-corrected chi connectivity index (χ1v) is 7.17. The predicted molar refractivity (Wildman–Crippen MR) is 91.0 cm³/mol. The van der Waals surface area contributed by atoms with Crippen LogP contribution in [0, 0.1) is 6.92 Å². The molecule has 0 saturated carbocycles. The van der Waals surface area contributed by atoms with Crippen LogP contribution in [0.25, 0.3) is 11.1 Å². The molecule has 2 aromatic heterocycles. The molecule has 0 bridgehead atoms. The fourth-order valence-electron chi connectivity index (χ4n) is 2.20. The highest BCUT2D eigenvalue weighted by Crippen LogP contribution is 2.19. The van der Waals surface area contributed by atoms with Crippen LogP contribution < -0.4 is 5.73 Å². The molecule has 2 heterocycles. The van der Waals surface area contributed by atoms with E-state index in [9.17, 15) is 4.79 Å². The number of hydrogen-bond donors (Lipinski definition) is 2. The number of benzene rings is 1. The third-order valence-electron chi connectivity index (χ3n) is 3.40. The number of pyridine rings is 1. The van der Waals surface area contributed by atoms with Gasteiger partial charge in [0.05, 0.1) is 23.7 Å². The minimum atomic E-state index is -0.999. The fourth-order valence-corrected chi connectivity index (χ4v) is 2.20. The number of hydrogen-bond acceptors (Lipinski definition) is 5. The lowest BCUT2D eigenvalue weighted by atomic mass is 10.0. The van der Waals surface area contributed by atoms with Crippen LogP contribution in [-0.2, 0) is 0 Å². The summed E-state index contributed by atoms with van der Waals surface area (Å²) in [6, 6.07) is 9.12. The molecule has 3 aromatic rings. The van der Waals surface area contributed by atoms with Crippen molar-refractivity contribution in [2.24, 2.45) is 5.10 Å². The Balaban J connectivity index is 1.82. The lowest BCUT2D eigenvalue weighted by Gasteiger charge is -2.03. The van der Waals surface area contributed by atoms with Crippen molar-refractivity contribution in [3.05, 3.63) is 65.7 Å². The Bertz CT molecular complexity index is 913. The number of nitrogen functional groups attached to an aromatic ring is 1. The van der Waals surface area contributed by atoms with E-state index in [1.54, 1.807) is 24.7 Å². The molecule has 0 amide bonds. The number of anilines is 1. The average Bonchev–Trinajstić information content (AvgIpc) is 2.91. The quantitative estimate of drug-likeness (QED) is 0.718. The van der Waals surface area contributed by atoms with Crippen molar-refractivity contribution in [1.82, 2.24) is 14.6 Å². The molecule has 0 aliphatic heterocycles. The molecule has 3 N–H and O–H groups in total. The maximum Gasteiger partial charge on any atom is 0.337 e. The average molecular weight is 321 g/mol. The summed E-state index contributed by atoms with van der Waals surface area (Å²) < 4.78 is 1.50. The van der Waals surface area contributed by atoms with Crippen molar-refractivity contribution in [3.63, 3.8) is 0 Å². The minimum absolute atomic E-state index is 0.157. The molecule has 0 fully saturated rings. The number of carbonyl (C=O) groups is 1. The van der Waals surface area contributed by atoms with E-state index in [1.165, 1.54) is 10.9 Å². The van der Waals surface area contributed by atoms with E-state index >= 15 is 0 Å². The van der Waals surface area contributed by atoms with Gasteiger partial charge in [0.2, 0.25) is 5.95 Å². The van der Waals surface area contributed by atoms with Gasteiger partial charge in [-0.1, -0.05) is 24.3 Å². The third-order valence-corrected chi connectivity index (χ3v) is 3.40. The summed E-state index contributed by atoms with van der Waals surface area (Å²) >= 11 is 0. The van der Waals surface area contributed by atoms with Gasteiger partial charge in [-0.3, -0.25) is 4.98 Å². The Morgan fingerprint density at radius 3 is 2.62 bits per heavy atom. The summed E-state index contributed by atoms with van der Waals surface area (Å²) in [4.78, 5) is 19.0. The van der Waals surface area contributed by atoms with E-state index in [4.69, 9.17) is 10.8 Å². The second kappa shape index (κ2) is 6.33. The van der Waals surface area contributed by atoms with Crippen molar-refractivity contribution in [1.29, 1.82) is 0 Å². The molecule has 0 aliphatic carbocycles. The second-order valence-corrected chi connectivity index (χ2v) is 5.22. The van der Waals surface area contributed by atoms with E-state index in [-0.39, 0.29) is 5.56 Å². The molecule has 1 aromatic carbocycles. The lowest BCUT2D eigenvalue weighted by molar-refractivity contribution is 0.0696. The van der Waals surface area contributed by atoms with E-state index in [0.29, 0.717) is 5.95 Å². The van der Waals surface area contributed by atoms with Gasteiger partial charge in [0, 0.05) is 18.0 Å². The first-order chi connectivity index (χ1) is 11.5. The van der Waals surface area contributed by atoms with Gasteiger partial charge in [-0.15, -0.1) is 0 Å². The second-order valence-electron chi connectivity index (χ2n) is 5.22. The number of aryl methyl sites for hydroxylation is 1. The number of carboxylic acids is 1. The van der Waals surface area contributed by atoms with Crippen LogP contribution in [0.15, 0.2) is 54.0 Å². The fraction of sp³-hybridized carbons (Fsp3) is 0.0588. The Morgan fingerprint density at radius 2 is 2.00 bits per heavy atom. The number of carboxylic acid groups (broad SMARTS) is 1. The van der Waals surface area contributed by atoms with Gasteiger partial charge in [-0.05, 0) is 24.1 Å². The van der Waals surface area contributed by atoms with Crippen LogP contribution in [0.1, 0.15) is 21.6 Å². The third kappa shape index (κ3) is 3.30. The molecule has 3 rings (SSSR count). The topological polar surface area (TPSA) is 106 Å². The number of imidazole rings is 1. The highest BCUT2D eigenvalue weighted by atomic mass is 16.4. The van der Waals surface area contributed by atoms with E-state index in [0.717, 1.165) is 22.4 Å². The van der Waals surface area contributed by atoms with E-state index in [2.05, 4.69) is 15.1 Å². The summed E-state index contributed by atoms with van der Waals surface area (Å²) in [5, 5.41) is 13.3. The zero-order valence-corrected chi connectivity index (χ0v) is 12.9. The summed E-state index contributed by atoms with van der Waals surface area (Å²) in [6.45, 7) is 1.84. The number of nitrogens with two attached hydrogens (primary N) is 1. The summed E-state index contributed by atoms with van der Waals surface area (Å²) in [7, 11) is 0. The zero-order valence-electron chi connectivity index (χ0n) is 12.9. The Morgan fingerprint density at radius 1 is 1.25 bits per heavy atom. The first-order valence-electron chi connectivity index (χ1n) is 7.17. The van der Waals surface area contributed by atoms with Gasteiger partial charge in [-0.2, -0.15) is 5.10 Å². The molecule has 7 nitrogen and oxygen atoms in total. The van der Waals surface area contributed by atoms with E-state index in [1.807, 2.05) is 31.2 Å². The molecular formula is C17H15N5O2. The number of aromatic carboxylic acids is 1.